The third-order valence-electron chi connectivity index (χ3n) is 1.70. The van der Waals surface area contributed by atoms with E-state index in [1.807, 2.05) is 11.9 Å². The minimum Gasteiger partial charge on any atom is -0.465 e. The summed E-state index contributed by atoms with van der Waals surface area (Å²) in [5.41, 5.74) is 5.50. The number of ether oxygens (including phenoxy) is 1. The number of nitrogens with zero attached hydrogens (tertiary/aromatic N) is 2. The van der Waals surface area contributed by atoms with Crippen LogP contribution in [0, 0.1) is 0 Å². The van der Waals surface area contributed by atoms with Gasteiger partial charge in [0.1, 0.15) is 0 Å². The highest BCUT2D eigenvalue weighted by Gasteiger charge is 2.08. The van der Waals surface area contributed by atoms with Crippen LogP contribution >= 0.6 is 11.3 Å². The largest absolute Gasteiger partial charge is 0.465 e. The SMILES string of the molecule is CCOC(=O)CN(C)Cc1cnc(N)s1. The van der Waals surface area contributed by atoms with Gasteiger partial charge in [0.05, 0.1) is 13.2 Å². The van der Waals surface area contributed by atoms with Crippen LogP contribution in [0.5, 0.6) is 0 Å². The lowest BCUT2D eigenvalue weighted by molar-refractivity contribution is -0.144. The molecule has 5 nitrogen and oxygen atoms in total. The Morgan fingerprint density at radius 1 is 1.73 bits per heavy atom. The number of carbonyl (C=O) groups is 1. The van der Waals surface area contributed by atoms with E-state index in [0.29, 0.717) is 18.3 Å². The predicted molar refractivity (Wildman–Crippen MR) is 59.5 cm³/mol. The molecule has 84 valence electrons. The average molecular weight is 229 g/mol. The summed E-state index contributed by atoms with van der Waals surface area (Å²) in [5.74, 6) is -0.211. The normalized spacial score (nSPS) is 10.6. The fourth-order valence-electron chi connectivity index (χ4n) is 1.14. The Kier molecular flexibility index (Phi) is 4.51. The standard InChI is InChI=1S/C9H15N3O2S/c1-3-14-8(13)6-12(2)5-7-4-11-9(10)15-7/h4H,3,5-6H2,1-2H3,(H2,10,11). The molecule has 1 heterocycles. The van der Waals surface area contributed by atoms with E-state index < -0.39 is 0 Å². The number of aromatic nitrogens is 1. The van der Waals surface area contributed by atoms with Crippen molar-refractivity contribution in [3.8, 4) is 0 Å². The number of rotatable bonds is 5. The molecule has 15 heavy (non-hydrogen) atoms. The van der Waals surface area contributed by atoms with Gasteiger partial charge in [-0.1, -0.05) is 0 Å². The van der Waals surface area contributed by atoms with Crippen LogP contribution in [0.1, 0.15) is 11.8 Å². The maximum Gasteiger partial charge on any atom is 0.320 e. The van der Waals surface area contributed by atoms with Crippen LogP contribution < -0.4 is 5.73 Å². The Hall–Kier alpha value is -1.14. The summed E-state index contributed by atoms with van der Waals surface area (Å²) >= 11 is 1.43. The lowest BCUT2D eigenvalue weighted by Gasteiger charge is -2.13. The molecule has 0 radical (unpaired) electrons. The summed E-state index contributed by atoms with van der Waals surface area (Å²) in [5, 5.41) is 0.550. The van der Waals surface area contributed by atoms with Gasteiger partial charge in [-0.25, -0.2) is 4.98 Å². The molecular formula is C9H15N3O2S. The molecule has 0 aromatic carbocycles. The third-order valence-corrected chi connectivity index (χ3v) is 2.51. The van der Waals surface area contributed by atoms with E-state index in [4.69, 9.17) is 10.5 Å². The van der Waals surface area contributed by atoms with E-state index in [9.17, 15) is 4.79 Å². The number of anilines is 1. The van der Waals surface area contributed by atoms with Crippen LogP contribution in [0.15, 0.2) is 6.20 Å². The van der Waals surface area contributed by atoms with Crippen molar-refractivity contribution in [3.05, 3.63) is 11.1 Å². The highest BCUT2D eigenvalue weighted by atomic mass is 32.1. The van der Waals surface area contributed by atoms with Gasteiger partial charge >= 0.3 is 5.97 Å². The summed E-state index contributed by atoms with van der Waals surface area (Å²) in [7, 11) is 1.85. The van der Waals surface area contributed by atoms with Crippen molar-refractivity contribution in [1.82, 2.24) is 9.88 Å². The van der Waals surface area contributed by atoms with Crippen LogP contribution in [-0.2, 0) is 16.1 Å². The molecule has 0 saturated carbocycles. The Labute approximate surface area is 92.9 Å². The van der Waals surface area contributed by atoms with Crippen molar-refractivity contribution in [1.29, 1.82) is 0 Å². The quantitative estimate of drug-likeness (QED) is 0.753. The molecule has 0 fully saturated rings. The van der Waals surface area contributed by atoms with Crippen molar-refractivity contribution in [2.24, 2.45) is 0 Å². The number of hydrogen-bond acceptors (Lipinski definition) is 6. The van der Waals surface area contributed by atoms with Crippen molar-refractivity contribution in [2.75, 3.05) is 25.9 Å². The highest BCUT2D eigenvalue weighted by molar-refractivity contribution is 7.15. The number of likely N-dealkylation sites (N-methyl/N-ethyl adjacent to an activating group) is 1. The summed E-state index contributed by atoms with van der Waals surface area (Å²) in [6.07, 6.45) is 1.72. The second-order valence-electron chi connectivity index (χ2n) is 3.14. The van der Waals surface area contributed by atoms with Crippen molar-refractivity contribution in [3.63, 3.8) is 0 Å². The van der Waals surface area contributed by atoms with Gasteiger partial charge in [-0.2, -0.15) is 0 Å². The Morgan fingerprint density at radius 3 is 3.00 bits per heavy atom. The molecule has 0 saturated heterocycles. The molecule has 0 unspecified atom stereocenters. The molecule has 1 aromatic heterocycles. The average Bonchev–Trinajstić information content (AvgIpc) is 2.51. The van der Waals surface area contributed by atoms with Gasteiger partial charge in [-0.05, 0) is 14.0 Å². The summed E-state index contributed by atoms with van der Waals surface area (Å²) in [6.45, 7) is 3.15. The van der Waals surface area contributed by atoms with E-state index in [-0.39, 0.29) is 12.5 Å². The van der Waals surface area contributed by atoms with E-state index in [1.54, 1.807) is 13.1 Å². The van der Waals surface area contributed by atoms with E-state index in [1.165, 1.54) is 11.3 Å². The summed E-state index contributed by atoms with van der Waals surface area (Å²) in [4.78, 5) is 18.0. The lowest BCUT2D eigenvalue weighted by Crippen LogP contribution is -2.26. The van der Waals surface area contributed by atoms with E-state index in [0.717, 1.165) is 4.88 Å². The van der Waals surface area contributed by atoms with Gasteiger partial charge in [0, 0.05) is 17.6 Å². The van der Waals surface area contributed by atoms with Gasteiger partial charge in [0.15, 0.2) is 5.13 Å². The zero-order chi connectivity index (χ0) is 11.3. The smallest absolute Gasteiger partial charge is 0.320 e. The first kappa shape index (κ1) is 11.9. The van der Waals surface area contributed by atoms with Gasteiger partial charge in [0.2, 0.25) is 0 Å². The molecule has 1 rings (SSSR count). The molecule has 0 amide bonds. The maximum atomic E-state index is 11.1. The molecule has 2 N–H and O–H groups in total. The molecule has 0 atom stereocenters. The number of esters is 1. The number of hydrogen-bond donors (Lipinski definition) is 1. The van der Waals surface area contributed by atoms with Gasteiger partial charge in [-0.3, -0.25) is 9.69 Å². The lowest BCUT2D eigenvalue weighted by atomic mass is 10.4. The first-order valence-corrected chi connectivity index (χ1v) is 5.47. The zero-order valence-corrected chi connectivity index (χ0v) is 9.71. The van der Waals surface area contributed by atoms with Crippen LogP contribution in [-0.4, -0.2) is 36.1 Å². The van der Waals surface area contributed by atoms with Crippen LogP contribution in [0.3, 0.4) is 0 Å². The summed E-state index contributed by atoms with van der Waals surface area (Å²) in [6, 6.07) is 0. The molecule has 6 heteroatoms. The minimum atomic E-state index is -0.211. The Bertz CT molecular complexity index is 327. The fourth-order valence-corrected chi connectivity index (χ4v) is 1.91. The molecule has 0 bridgehead atoms. The second kappa shape index (κ2) is 5.67. The minimum absolute atomic E-state index is 0.211. The molecule has 0 aliphatic rings. The van der Waals surface area contributed by atoms with E-state index >= 15 is 0 Å². The number of carbonyl (C=O) groups excluding carboxylic acids is 1. The van der Waals surface area contributed by atoms with Gasteiger partial charge in [-0.15, -0.1) is 11.3 Å². The van der Waals surface area contributed by atoms with Gasteiger partial charge < -0.3 is 10.5 Å². The van der Waals surface area contributed by atoms with E-state index in [2.05, 4.69) is 4.98 Å². The van der Waals surface area contributed by atoms with Crippen molar-refractivity contribution in [2.45, 2.75) is 13.5 Å². The molecule has 0 aliphatic carbocycles. The van der Waals surface area contributed by atoms with Crippen LogP contribution in [0.4, 0.5) is 5.13 Å². The molecule has 1 aromatic rings. The fraction of sp³-hybridized carbons (Fsp3) is 0.556. The number of thiazole rings is 1. The van der Waals surface area contributed by atoms with Gasteiger partial charge in [0.25, 0.3) is 0 Å². The zero-order valence-electron chi connectivity index (χ0n) is 8.90. The molecule has 0 spiro atoms. The van der Waals surface area contributed by atoms with Crippen LogP contribution in [0.25, 0.3) is 0 Å². The number of nitrogens with two attached hydrogens (primary N) is 1. The van der Waals surface area contributed by atoms with Crippen molar-refractivity contribution < 1.29 is 9.53 Å². The Balaban J connectivity index is 2.35. The number of nitrogen functional groups attached to an aromatic ring is 1. The van der Waals surface area contributed by atoms with Crippen molar-refractivity contribution >= 4 is 22.4 Å². The maximum absolute atomic E-state index is 11.1. The highest BCUT2D eigenvalue weighted by Crippen LogP contribution is 2.15. The monoisotopic (exact) mass is 229 g/mol. The second-order valence-corrected chi connectivity index (χ2v) is 4.29. The topological polar surface area (TPSA) is 68.5 Å². The first-order valence-electron chi connectivity index (χ1n) is 4.66. The third kappa shape index (κ3) is 4.26. The molecule has 0 aliphatic heterocycles. The Morgan fingerprint density at radius 2 is 2.47 bits per heavy atom. The summed E-state index contributed by atoms with van der Waals surface area (Å²) < 4.78 is 4.84. The predicted octanol–water partition coefficient (Wildman–Crippen LogP) is 0.720. The molecular weight excluding hydrogens is 214 g/mol. The first-order chi connectivity index (χ1) is 7.11. The van der Waals surface area contributed by atoms with Crippen LogP contribution in [0.2, 0.25) is 0 Å².